The van der Waals surface area contributed by atoms with E-state index in [-0.39, 0.29) is 31.1 Å². The van der Waals surface area contributed by atoms with Crippen molar-refractivity contribution in [2.75, 3.05) is 13.2 Å². The number of carbonyl (C=O) groups excluding carboxylic acids is 3. The summed E-state index contributed by atoms with van der Waals surface area (Å²) in [5.74, 6) is -0.908. The molecular weight excluding hydrogens is 985 g/mol. The zero-order valence-corrected chi connectivity index (χ0v) is 52.0. The minimum absolute atomic E-state index is 0.0883. The Kier molecular flexibility index (Phi) is 63.3. The SMILES string of the molecule is CC/C=C\C/C=C\C/C=C\C/C=C\C/C=C\C/C=C\C/C=C\CCCCCCCCCC(=O)OCC(COC(=O)CCCCCCCCCCCCCCCC)OC(=O)CCCCCCCC/C=C\C/C=C\C/C=C\C/C=C\CC. The van der Waals surface area contributed by atoms with E-state index in [2.05, 4.69) is 154 Å². The first-order valence-electron chi connectivity index (χ1n) is 33.2. The first-order chi connectivity index (χ1) is 39.5. The molecule has 0 fully saturated rings. The van der Waals surface area contributed by atoms with Gasteiger partial charge in [0, 0.05) is 19.3 Å². The molecule has 1 unspecified atom stereocenters. The Morgan fingerprint density at radius 1 is 0.263 bits per heavy atom. The average Bonchev–Trinajstić information content (AvgIpc) is 3.46. The van der Waals surface area contributed by atoms with Crippen molar-refractivity contribution in [2.45, 2.75) is 303 Å². The van der Waals surface area contributed by atoms with E-state index >= 15 is 0 Å². The van der Waals surface area contributed by atoms with Gasteiger partial charge in [0.05, 0.1) is 0 Å². The molecule has 0 aliphatic rings. The van der Waals surface area contributed by atoms with Crippen LogP contribution >= 0.6 is 0 Å². The minimum Gasteiger partial charge on any atom is -0.462 e. The molecule has 0 spiro atoms. The summed E-state index contributed by atoms with van der Waals surface area (Å²) in [7, 11) is 0. The van der Waals surface area contributed by atoms with Crippen molar-refractivity contribution in [2.24, 2.45) is 0 Å². The Labute approximate surface area is 494 Å². The van der Waals surface area contributed by atoms with Gasteiger partial charge < -0.3 is 14.2 Å². The van der Waals surface area contributed by atoms with E-state index < -0.39 is 6.10 Å². The van der Waals surface area contributed by atoms with Crippen LogP contribution in [0.2, 0.25) is 0 Å². The molecule has 0 radical (unpaired) electrons. The molecule has 0 N–H and O–H groups in total. The zero-order valence-electron chi connectivity index (χ0n) is 52.0. The van der Waals surface area contributed by atoms with Crippen LogP contribution in [0.15, 0.2) is 134 Å². The molecule has 6 nitrogen and oxygen atoms in total. The molecule has 0 amide bonds. The molecule has 0 aromatic rings. The molecule has 1 atom stereocenters. The lowest BCUT2D eigenvalue weighted by Gasteiger charge is -2.18. The normalized spacial score (nSPS) is 13.0. The number of rotatable bonds is 59. The number of allylic oxidation sites excluding steroid dienone is 22. The Morgan fingerprint density at radius 2 is 0.487 bits per heavy atom. The highest BCUT2D eigenvalue weighted by atomic mass is 16.6. The highest BCUT2D eigenvalue weighted by Crippen LogP contribution is 2.16. The van der Waals surface area contributed by atoms with E-state index in [4.69, 9.17) is 14.2 Å². The summed E-state index contributed by atoms with van der Waals surface area (Å²) < 4.78 is 16.9. The van der Waals surface area contributed by atoms with Crippen LogP contribution in [0, 0.1) is 0 Å². The highest BCUT2D eigenvalue weighted by molar-refractivity contribution is 5.71. The highest BCUT2D eigenvalue weighted by Gasteiger charge is 2.19. The van der Waals surface area contributed by atoms with Crippen LogP contribution in [0.25, 0.3) is 0 Å². The quantitative estimate of drug-likeness (QED) is 0.0261. The van der Waals surface area contributed by atoms with Gasteiger partial charge >= 0.3 is 17.9 Å². The van der Waals surface area contributed by atoms with Crippen molar-refractivity contribution in [3.63, 3.8) is 0 Å². The van der Waals surface area contributed by atoms with Crippen LogP contribution < -0.4 is 0 Å². The maximum absolute atomic E-state index is 12.9. The number of carbonyl (C=O) groups is 3. The van der Waals surface area contributed by atoms with Crippen molar-refractivity contribution in [1.29, 1.82) is 0 Å². The summed E-state index contributed by atoms with van der Waals surface area (Å²) in [4.78, 5) is 38.4. The fraction of sp³-hybridized carbons (Fsp3) is 0.662. The lowest BCUT2D eigenvalue weighted by molar-refractivity contribution is -0.167. The molecule has 0 saturated heterocycles. The standard InChI is InChI=1S/C74H122O6/c1-4-7-10-13-16-19-22-25-28-30-32-33-34-35-36-37-38-39-40-41-43-44-46-49-52-55-58-61-64-67-73(76)79-70-71(69-78-72(75)66-63-60-57-54-51-48-27-24-21-18-15-12-9-6-3)80-74(77)68-65-62-59-56-53-50-47-45-42-31-29-26-23-20-17-14-11-8-5-2/h7-8,10-11,16-17,19-20,25-26,28-29,32-33,35-36,38-39,41-43,45,71H,4-6,9,12-15,18,21-24,27,30-31,34,37,40,44,46-70H2,1-3H3/b10-7-,11-8-,19-16-,20-17-,28-25-,29-26-,33-32-,36-35-,39-38-,43-41-,45-42-. The van der Waals surface area contributed by atoms with Gasteiger partial charge in [-0.3, -0.25) is 14.4 Å². The van der Waals surface area contributed by atoms with Gasteiger partial charge in [0.2, 0.25) is 0 Å². The Bertz CT molecular complexity index is 1700. The van der Waals surface area contributed by atoms with Gasteiger partial charge in [-0.25, -0.2) is 0 Å². The summed E-state index contributed by atoms with van der Waals surface area (Å²) in [6, 6.07) is 0. The molecule has 0 aliphatic heterocycles. The average molecular weight is 1110 g/mol. The van der Waals surface area contributed by atoms with E-state index in [1.54, 1.807) is 0 Å². The monoisotopic (exact) mass is 1110 g/mol. The van der Waals surface area contributed by atoms with Crippen molar-refractivity contribution in [1.82, 2.24) is 0 Å². The third-order valence-corrected chi connectivity index (χ3v) is 13.9. The minimum atomic E-state index is -0.795. The molecule has 0 bridgehead atoms. The van der Waals surface area contributed by atoms with E-state index in [1.165, 1.54) is 109 Å². The largest absolute Gasteiger partial charge is 0.462 e. The Hall–Kier alpha value is -4.45. The summed E-state index contributed by atoms with van der Waals surface area (Å²) in [5, 5.41) is 0. The second-order valence-electron chi connectivity index (χ2n) is 21.6. The zero-order chi connectivity index (χ0) is 57.8. The van der Waals surface area contributed by atoms with Crippen molar-refractivity contribution >= 4 is 17.9 Å². The van der Waals surface area contributed by atoms with Crippen LogP contribution in [-0.2, 0) is 28.6 Å². The number of unbranched alkanes of at least 4 members (excludes halogenated alkanes) is 26. The van der Waals surface area contributed by atoms with Crippen LogP contribution in [-0.4, -0.2) is 37.2 Å². The Balaban J connectivity index is 4.38. The topological polar surface area (TPSA) is 78.9 Å². The molecule has 0 heterocycles. The van der Waals surface area contributed by atoms with Gasteiger partial charge in [0.1, 0.15) is 13.2 Å². The van der Waals surface area contributed by atoms with Crippen molar-refractivity contribution in [3.05, 3.63) is 134 Å². The third-order valence-electron chi connectivity index (χ3n) is 13.9. The number of esters is 3. The van der Waals surface area contributed by atoms with Gasteiger partial charge in [-0.05, 0) is 116 Å². The second-order valence-corrected chi connectivity index (χ2v) is 21.6. The van der Waals surface area contributed by atoms with Gasteiger partial charge in [-0.2, -0.15) is 0 Å². The maximum atomic E-state index is 12.9. The van der Waals surface area contributed by atoms with Gasteiger partial charge in [-0.1, -0.05) is 296 Å². The first kappa shape index (κ1) is 75.5. The molecule has 0 aliphatic carbocycles. The van der Waals surface area contributed by atoms with Crippen LogP contribution in [0.4, 0.5) is 0 Å². The number of hydrogen-bond acceptors (Lipinski definition) is 6. The van der Waals surface area contributed by atoms with Crippen LogP contribution in [0.3, 0.4) is 0 Å². The lowest BCUT2D eigenvalue weighted by Crippen LogP contribution is -2.30. The molecule has 0 aromatic heterocycles. The molecule has 0 aromatic carbocycles. The third kappa shape index (κ3) is 64.4. The van der Waals surface area contributed by atoms with Gasteiger partial charge in [-0.15, -0.1) is 0 Å². The maximum Gasteiger partial charge on any atom is 0.306 e. The summed E-state index contributed by atoms with van der Waals surface area (Å²) in [6.07, 6.45) is 94.5. The lowest BCUT2D eigenvalue weighted by atomic mass is 10.0. The molecule has 6 heteroatoms. The fourth-order valence-corrected chi connectivity index (χ4v) is 9.00. The first-order valence-corrected chi connectivity index (χ1v) is 33.2. The van der Waals surface area contributed by atoms with E-state index in [1.807, 2.05) is 0 Å². The van der Waals surface area contributed by atoms with Crippen molar-refractivity contribution in [3.8, 4) is 0 Å². The summed E-state index contributed by atoms with van der Waals surface area (Å²) in [6.45, 7) is 6.41. The molecular formula is C74H122O6. The smallest absolute Gasteiger partial charge is 0.306 e. The number of ether oxygens (including phenoxy) is 3. The second kappa shape index (κ2) is 67.1. The summed E-state index contributed by atoms with van der Waals surface area (Å²) >= 11 is 0. The van der Waals surface area contributed by atoms with Gasteiger partial charge in [0.15, 0.2) is 6.10 Å². The molecule has 0 rings (SSSR count). The van der Waals surface area contributed by atoms with Gasteiger partial charge in [0.25, 0.3) is 0 Å². The molecule has 454 valence electrons. The molecule has 80 heavy (non-hydrogen) atoms. The predicted octanol–water partition coefficient (Wildman–Crippen LogP) is 22.9. The molecule has 0 saturated carbocycles. The number of hydrogen-bond donors (Lipinski definition) is 0. The van der Waals surface area contributed by atoms with E-state index in [0.29, 0.717) is 19.3 Å². The summed E-state index contributed by atoms with van der Waals surface area (Å²) in [5.41, 5.74) is 0. The van der Waals surface area contributed by atoms with Crippen LogP contribution in [0.1, 0.15) is 297 Å². The Morgan fingerprint density at radius 3 is 0.762 bits per heavy atom. The predicted molar refractivity (Wildman–Crippen MR) is 348 cm³/mol. The van der Waals surface area contributed by atoms with Crippen molar-refractivity contribution < 1.29 is 28.6 Å². The van der Waals surface area contributed by atoms with E-state index in [0.717, 1.165) is 148 Å². The van der Waals surface area contributed by atoms with E-state index in [9.17, 15) is 14.4 Å². The fourth-order valence-electron chi connectivity index (χ4n) is 9.00. The van der Waals surface area contributed by atoms with Crippen LogP contribution in [0.5, 0.6) is 0 Å².